The molecule has 0 atom stereocenters. The summed E-state index contributed by atoms with van der Waals surface area (Å²) < 4.78 is 25.5. The third kappa shape index (κ3) is 10.0. The molecule has 0 aromatic heterocycles. The maximum Gasteiger partial charge on any atom is 0.229 e. The summed E-state index contributed by atoms with van der Waals surface area (Å²) in [6.07, 6.45) is 7.57. The van der Waals surface area contributed by atoms with Gasteiger partial charge in [0, 0.05) is 27.2 Å². The van der Waals surface area contributed by atoms with Crippen LogP contribution in [0.1, 0.15) is 31.2 Å². The zero-order valence-corrected chi connectivity index (χ0v) is 19.0. The number of hydrogen-bond acceptors (Lipinski definition) is 3. The highest BCUT2D eigenvalue weighted by Gasteiger charge is 2.09. The van der Waals surface area contributed by atoms with Crippen molar-refractivity contribution in [3.63, 3.8) is 0 Å². The number of benzene rings is 1. The zero-order chi connectivity index (χ0) is 18.7. The van der Waals surface area contributed by atoms with Gasteiger partial charge in [-0.15, -0.1) is 30.6 Å². The maximum absolute atomic E-state index is 11.5. The minimum Gasteiger partial charge on any atom is -0.352 e. The van der Waals surface area contributed by atoms with Crippen molar-refractivity contribution in [2.45, 2.75) is 32.2 Å². The number of unbranched alkanes of at least 4 members (excludes halogenated alkanes) is 3. The molecule has 1 aromatic rings. The van der Waals surface area contributed by atoms with Gasteiger partial charge in [-0.2, -0.15) is 0 Å². The molecular weight excluding hydrogens is 463 g/mol. The van der Waals surface area contributed by atoms with E-state index in [1.165, 1.54) is 0 Å². The number of para-hydroxylation sites is 1. The molecule has 0 amide bonds. The van der Waals surface area contributed by atoms with E-state index in [4.69, 9.17) is 0 Å². The molecule has 1 rings (SSSR count). The summed E-state index contributed by atoms with van der Waals surface area (Å²) in [7, 11) is 0.445. The molecular formula is C18H31IN4O2S. The topological polar surface area (TPSA) is 73.8 Å². The predicted molar refractivity (Wildman–Crippen MR) is 122 cm³/mol. The molecule has 0 fully saturated rings. The van der Waals surface area contributed by atoms with Gasteiger partial charge in [-0.1, -0.05) is 30.7 Å². The fraction of sp³-hybridized carbons (Fsp3) is 0.500. The summed E-state index contributed by atoms with van der Waals surface area (Å²) in [6, 6.07) is 7.34. The molecule has 1 aromatic carbocycles. The highest BCUT2D eigenvalue weighted by Crippen LogP contribution is 2.16. The summed E-state index contributed by atoms with van der Waals surface area (Å²) in [6.45, 7) is 5.14. The summed E-state index contributed by atoms with van der Waals surface area (Å²) in [5.41, 5.74) is 1.45. The van der Waals surface area contributed by atoms with Crippen LogP contribution in [0.5, 0.6) is 0 Å². The van der Waals surface area contributed by atoms with Crippen molar-refractivity contribution in [3.8, 4) is 0 Å². The SMILES string of the molecule is C=CCCCCCN(C)C(=NC)NCc1ccccc1NS(C)(=O)=O.I. The lowest BCUT2D eigenvalue weighted by Gasteiger charge is -2.22. The van der Waals surface area contributed by atoms with Crippen molar-refractivity contribution < 1.29 is 8.42 Å². The van der Waals surface area contributed by atoms with Crippen LogP contribution >= 0.6 is 24.0 Å². The molecule has 0 radical (unpaired) electrons. The number of rotatable bonds is 10. The Morgan fingerprint density at radius 2 is 1.96 bits per heavy atom. The number of nitrogens with one attached hydrogen (secondary N) is 2. The van der Waals surface area contributed by atoms with Gasteiger partial charge in [-0.3, -0.25) is 9.71 Å². The molecule has 0 heterocycles. The summed E-state index contributed by atoms with van der Waals surface area (Å²) in [5.74, 6) is 0.790. The van der Waals surface area contributed by atoms with E-state index in [-0.39, 0.29) is 24.0 Å². The lowest BCUT2D eigenvalue weighted by molar-refractivity contribution is 0.455. The van der Waals surface area contributed by atoms with Crippen LogP contribution in [0.15, 0.2) is 41.9 Å². The van der Waals surface area contributed by atoms with Crippen LogP contribution in [0, 0.1) is 0 Å². The lowest BCUT2D eigenvalue weighted by atomic mass is 10.2. The molecule has 26 heavy (non-hydrogen) atoms. The van der Waals surface area contributed by atoms with Gasteiger partial charge in [0.1, 0.15) is 0 Å². The minimum atomic E-state index is -3.31. The Balaban J connectivity index is 0.00000625. The van der Waals surface area contributed by atoms with Crippen LogP contribution in [-0.2, 0) is 16.6 Å². The summed E-state index contributed by atoms with van der Waals surface area (Å²) >= 11 is 0. The van der Waals surface area contributed by atoms with Gasteiger partial charge in [0.2, 0.25) is 10.0 Å². The zero-order valence-electron chi connectivity index (χ0n) is 15.9. The Kier molecular flexibility index (Phi) is 12.3. The Hall–Kier alpha value is -1.29. The highest BCUT2D eigenvalue weighted by molar-refractivity contribution is 14.0. The molecule has 6 nitrogen and oxygen atoms in total. The first-order valence-electron chi connectivity index (χ1n) is 8.45. The first kappa shape index (κ1) is 24.7. The number of hydrogen-bond donors (Lipinski definition) is 2. The standard InChI is InChI=1S/C18H30N4O2S.HI/c1-5-6-7-8-11-14-22(3)18(19-2)20-15-16-12-9-10-13-17(16)21-25(4,23)24;/h5,9-10,12-13,21H,1,6-8,11,14-15H2,2-4H3,(H,19,20);1H. The van der Waals surface area contributed by atoms with Gasteiger partial charge in [0.25, 0.3) is 0 Å². The smallest absolute Gasteiger partial charge is 0.229 e. The summed E-state index contributed by atoms with van der Waals surface area (Å²) in [4.78, 5) is 6.38. The van der Waals surface area contributed by atoms with Crippen LogP contribution < -0.4 is 10.0 Å². The molecule has 0 aliphatic rings. The van der Waals surface area contributed by atoms with Crippen LogP contribution in [-0.4, -0.2) is 46.2 Å². The highest BCUT2D eigenvalue weighted by atomic mass is 127. The van der Waals surface area contributed by atoms with E-state index >= 15 is 0 Å². The van der Waals surface area contributed by atoms with E-state index in [0.29, 0.717) is 12.2 Å². The van der Waals surface area contributed by atoms with Gasteiger partial charge < -0.3 is 10.2 Å². The number of guanidine groups is 1. The van der Waals surface area contributed by atoms with E-state index in [1.807, 2.05) is 25.3 Å². The number of anilines is 1. The van der Waals surface area contributed by atoms with Gasteiger partial charge in [-0.05, 0) is 30.9 Å². The molecule has 0 saturated carbocycles. The molecule has 0 aliphatic carbocycles. The second kappa shape index (κ2) is 13.0. The average molecular weight is 494 g/mol. The van der Waals surface area contributed by atoms with Crippen LogP contribution in [0.3, 0.4) is 0 Å². The second-order valence-electron chi connectivity index (χ2n) is 5.99. The van der Waals surface area contributed by atoms with Crippen molar-refractivity contribution >= 4 is 45.6 Å². The molecule has 0 saturated heterocycles. The van der Waals surface area contributed by atoms with Crippen LogP contribution in [0.2, 0.25) is 0 Å². The number of sulfonamides is 1. The minimum absolute atomic E-state index is 0. The number of aliphatic imine (C=N–C) groups is 1. The first-order chi connectivity index (χ1) is 11.9. The fourth-order valence-corrected chi connectivity index (χ4v) is 3.05. The average Bonchev–Trinajstić information content (AvgIpc) is 2.55. The quantitative estimate of drug-likeness (QED) is 0.172. The third-order valence-electron chi connectivity index (χ3n) is 3.72. The largest absolute Gasteiger partial charge is 0.352 e. The van der Waals surface area contributed by atoms with Crippen LogP contribution in [0.25, 0.3) is 0 Å². The normalized spacial score (nSPS) is 11.4. The Morgan fingerprint density at radius 3 is 2.58 bits per heavy atom. The molecule has 8 heteroatoms. The Bertz CT molecular complexity index is 678. The molecule has 0 bridgehead atoms. The molecule has 0 unspecified atom stereocenters. The van der Waals surface area contributed by atoms with E-state index in [2.05, 4.69) is 26.5 Å². The van der Waals surface area contributed by atoms with Gasteiger partial charge >= 0.3 is 0 Å². The van der Waals surface area contributed by atoms with Crippen molar-refractivity contribution in [2.24, 2.45) is 4.99 Å². The van der Waals surface area contributed by atoms with Crippen molar-refractivity contribution in [2.75, 3.05) is 31.6 Å². The fourth-order valence-electron chi connectivity index (χ4n) is 2.45. The Morgan fingerprint density at radius 1 is 1.27 bits per heavy atom. The van der Waals surface area contributed by atoms with E-state index in [1.54, 1.807) is 19.2 Å². The first-order valence-corrected chi connectivity index (χ1v) is 10.3. The van der Waals surface area contributed by atoms with Gasteiger partial charge in [-0.25, -0.2) is 8.42 Å². The molecule has 0 aliphatic heterocycles. The van der Waals surface area contributed by atoms with E-state index < -0.39 is 10.0 Å². The predicted octanol–water partition coefficient (Wildman–Crippen LogP) is 3.43. The molecule has 0 spiro atoms. The van der Waals surface area contributed by atoms with Crippen molar-refractivity contribution in [1.82, 2.24) is 10.2 Å². The third-order valence-corrected chi connectivity index (χ3v) is 4.32. The number of allylic oxidation sites excluding steroid dienone is 1. The van der Waals surface area contributed by atoms with Crippen molar-refractivity contribution in [1.29, 1.82) is 0 Å². The number of nitrogens with zero attached hydrogens (tertiary/aromatic N) is 2. The summed E-state index contributed by atoms with van der Waals surface area (Å²) in [5, 5.41) is 3.29. The maximum atomic E-state index is 11.5. The monoisotopic (exact) mass is 494 g/mol. The van der Waals surface area contributed by atoms with Crippen LogP contribution in [0.4, 0.5) is 5.69 Å². The van der Waals surface area contributed by atoms with E-state index in [0.717, 1.165) is 50.0 Å². The number of halogens is 1. The Labute approximate surface area is 175 Å². The van der Waals surface area contributed by atoms with Gasteiger partial charge in [0.15, 0.2) is 5.96 Å². The lowest BCUT2D eigenvalue weighted by Crippen LogP contribution is -2.39. The molecule has 2 N–H and O–H groups in total. The second-order valence-corrected chi connectivity index (χ2v) is 7.74. The van der Waals surface area contributed by atoms with E-state index in [9.17, 15) is 8.42 Å². The van der Waals surface area contributed by atoms with Crippen molar-refractivity contribution in [3.05, 3.63) is 42.5 Å². The molecule has 148 valence electrons. The van der Waals surface area contributed by atoms with Gasteiger partial charge in [0.05, 0.1) is 11.9 Å².